The van der Waals surface area contributed by atoms with Gasteiger partial charge in [-0.05, 0) is 46.5 Å². The number of carbonyl (C=O) groups excluding carboxylic acids is 1. The number of nitrogens with zero attached hydrogens (tertiary/aromatic N) is 3. The number of amides is 1. The van der Waals surface area contributed by atoms with Gasteiger partial charge < -0.3 is 20.5 Å². The van der Waals surface area contributed by atoms with E-state index in [4.69, 9.17) is 11.6 Å². The fourth-order valence-corrected chi connectivity index (χ4v) is 6.18. The smallest absolute Gasteiger partial charge is 0.434 e. The summed E-state index contributed by atoms with van der Waals surface area (Å²) in [6.45, 7) is -1.05. The molecule has 1 saturated carbocycles. The van der Waals surface area contributed by atoms with Crippen molar-refractivity contribution in [2.45, 2.75) is 88.1 Å². The van der Waals surface area contributed by atoms with Crippen LogP contribution in [0, 0.1) is 0 Å². The Hall–Kier alpha value is -2.86. The first kappa shape index (κ1) is 35.6. The van der Waals surface area contributed by atoms with Crippen molar-refractivity contribution in [2.24, 2.45) is 0 Å². The monoisotopic (exact) mass is 681 g/mol. The second-order valence-corrected chi connectivity index (χ2v) is 13.7. The zero-order chi connectivity index (χ0) is 33.5. The molecule has 248 valence electrons. The number of aromatic nitrogens is 3. The molecule has 0 atom stereocenters. The second-order valence-electron chi connectivity index (χ2n) is 11.0. The Balaban J connectivity index is 1.91. The molecule has 0 saturated heterocycles. The van der Waals surface area contributed by atoms with Gasteiger partial charge in [-0.25, -0.2) is 13.4 Å². The summed E-state index contributed by atoms with van der Waals surface area (Å²) in [5.74, 6) is -7.49. The van der Waals surface area contributed by atoms with Crippen LogP contribution in [0.5, 0.6) is 5.75 Å². The molecule has 0 spiro atoms. The second kappa shape index (κ2) is 12.5. The van der Waals surface area contributed by atoms with Crippen molar-refractivity contribution in [2.75, 3.05) is 18.1 Å². The van der Waals surface area contributed by atoms with Gasteiger partial charge in [0, 0.05) is 31.6 Å². The SMILES string of the molecule is CCn1nc(C(=O)NCC2(O)CCC(S(C)(=O)=O)CC2)c(Cl)c1-c1cnc(NC(C)(C)C(F)(F)C(F)(F)F)cc1OC(F)F. The molecule has 19 heteroatoms. The van der Waals surface area contributed by atoms with Gasteiger partial charge in [0.2, 0.25) is 0 Å². The van der Waals surface area contributed by atoms with Gasteiger partial charge in [0.1, 0.15) is 26.9 Å². The van der Waals surface area contributed by atoms with Crippen molar-refractivity contribution in [3.63, 3.8) is 0 Å². The maximum atomic E-state index is 14.1. The number of aryl methyl sites for hydroxylation is 1. The quantitative estimate of drug-likeness (QED) is 0.281. The Morgan fingerprint density at radius 3 is 2.32 bits per heavy atom. The third-order valence-corrected chi connectivity index (χ3v) is 9.42. The van der Waals surface area contributed by atoms with Crippen molar-refractivity contribution in [3.05, 3.63) is 23.0 Å². The lowest BCUT2D eigenvalue weighted by atomic mass is 9.84. The topological polar surface area (TPSA) is 135 Å². The standard InChI is InChI=1S/C25H31ClF7N5O5S/c1-5-38-19(17(26)18(37-38)20(39)35-12-23(40)8-6-13(7-9-23)44(4,41)42)14-11-34-16(10-15(14)43-21(27)28)36-22(2,3)24(29,30)25(31,32)33/h10-11,13,21,40H,5-9,12H2,1-4H3,(H,34,36)(H,35,39). The van der Waals surface area contributed by atoms with Crippen LogP contribution < -0.4 is 15.4 Å². The van der Waals surface area contributed by atoms with E-state index in [9.17, 15) is 49.1 Å². The lowest BCUT2D eigenvalue weighted by molar-refractivity contribution is -0.299. The van der Waals surface area contributed by atoms with Crippen LogP contribution in [0.3, 0.4) is 0 Å². The Bertz CT molecular complexity index is 1480. The predicted molar refractivity (Wildman–Crippen MR) is 146 cm³/mol. The molecule has 1 aliphatic carbocycles. The number of hydrogen-bond acceptors (Lipinski definition) is 8. The van der Waals surface area contributed by atoms with E-state index in [1.807, 2.05) is 5.32 Å². The first-order valence-corrected chi connectivity index (χ1v) is 15.5. The van der Waals surface area contributed by atoms with Gasteiger partial charge in [0.05, 0.1) is 27.1 Å². The van der Waals surface area contributed by atoms with Crippen molar-refractivity contribution >= 4 is 33.2 Å². The van der Waals surface area contributed by atoms with Gasteiger partial charge in [0.15, 0.2) is 5.69 Å². The summed E-state index contributed by atoms with van der Waals surface area (Å²) < 4.78 is 123. The minimum atomic E-state index is -5.94. The number of carbonyl (C=O) groups is 1. The minimum absolute atomic E-state index is 0.0259. The molecule has 3 rings (SSSR count). The zero-order valence-electron chi connectivity index (χ0n) is 23.9. The van der Waals surface area contributed by atoms with E-state index in [1.165, 1.54) is 0 Å². The third-order valence-electron chi connectivity index (χ3n) is 7.37. The Kier molecular flexibility index (Phi) is 10.1. The van der Waals surface area contributed by atoms with Gasteiger partial charge in [-0.3, -0.25) is 9.48 Å². The minimum Gasteiger partial charge on any atom is -0.434 e. The van der Waals surface area contributed by atoms with Gasteiger partial charge in [-0.2, -0.15) is 35.8 Å². The third kappa shape index (κ3) is 7.50. The normalized spacial score (nSPS) is 20.1. The Morgan fingerprint density at radius 1 is 1.23 bits per heavy atom. The van der Waals surface area contributed by atoms with E-state index in [2.05, 4.69) is 20.1 Å². The van der Waals surface area contributed by atoms with Crippen LogP contribution in [0.1, 0.15) is 56.9 Å². The molecule has 0 aromatic carbocycles. The molecule has 1 aliphatic rings. The number of aliphatic hydroxyl groups is 1. The summed E-state index contributed by atoms with van der Waals surface area (Å²) in [6, 6.07) is 0.682. The summed E-state index contributed by atoms with van der Waals surface area (Å²) in [6.07, 6.45) is -3.42. The molecular formula is C25H31ClF7N5O5S. The number of hydrogen-bond donors (Lipinski definition) is 3. The van der Waals surface area contributed by atoms with E-state index < -0.39 is 62.4 Å². The molecule has 1 fully saturated rings. The summed E-state index contributed by atoms with van der Waals surface area (Å²) >= 11 is 6.44. The number of rotatable bonds is 11. The van der Waals surface area contributed by atoms with Crippen LogP contribution >= 0.6 is 11.6 Å². The average molecular weight is 682 g/mol. The van der Waals surface area contributed by atoms with Crippen molar-refractivity contribution < 1.29 is 53.8 Å². The van der Waals surface area contributed by atoms with Gasteiger partial charge in [-0.15, -0.1) is 0 Å². The molecule has 0 aliphatic heterocycles. The van der Waals surface area contributed by atoms with Crippen molar-refractivity contribution in [1.29, 1.82) is 0 Å². The highest BCUT2D eigenvalue weighted by Gasteiger charge is 2.66. The maximum Gasteiger partial charge on any atom is 0.455 e. The van der Waals surface area contributed by atoms with Crippen LogP contribution in [-0.2, 0) is 16.4 Å². The Labute approximate surface area is 253 Å². The summed E-state index contributed by atoms with van der Waals surface area (Å²) in [5.41, 5.74) is -5.19. The van der Waals surface area contributed by atoms with Crippen molar-refractivity contribution in [3.8, 4) is 17.0 Å². The number of anilines is 1. The molecule has 2 aromatic heterocycles. The average Bonchev–Trinajstić information content (AvgIpc) is 3.22. The van der Waals surface area contributed by atoms with Crippen LogP contribution in [0.15, 0.2) is 12.3 Å². The molecule has 3 N–H and O–H groups in total. The lowest BCUT2D eigenvalue weighted by Gasteiger charge is -2.36. The molecule has 44 heavy (non-hydrogen) atoms. The van der Waals surface area contributed by atoms with Gasteiger partial charge in [0.25, 0.3) is 5.91 Å². The fraction of sp³-hybridized carbons (Fsp3) is 0.640. The molecule has 0 unspecified atom stereocenters. The van der Waals surface area contributed by atoms with E-state index in [0.29, 0.717) is 19.9 Å². The maximum absolute atomic E-state index is 14.1. The van der Waals surface area contributed by atoms with Crippen LogP contribution in [0.2, 0.25) is 5.02 Å². The van der Waals surface area contributed by atoms with Crippen LogP contribution in [-0.4, -0.2) is 82.1 Å². The molecule has 1 amide bonds. The number of sulfone groups is 1. The lowest BCUT2D eigenvalue weighted by Crippen LogP contribution is -2.57. The van der Waals surface area contributed by atoms with Gasteiger partial charge in [-0.1, -0.05) is 11.6 Å². The summed E-state index contributed by atoms with van der Waals surface area (Å²) in [7, 11) is -3.30. The van der Waals surface area contributed by atoms with Crippen LogP contribution in [0.25, 0.3) is 11.3 Å². The molecule has 2 aromatic rings. The Morgan fingerprint density at radius 2 is 1.82 bits per heavy atom. The number of halogens is 8. The predicted octanol–water partition coefficient (Wildman–Crippen LogP) is 5.06. The van der Waals surface area contributed by atoms with E-state index in [-0.39, 0.29) is 60.7 Å². The highest BCUT2D eigenvalue weighted by molar-refractivity contribution is 7.91. The van der Waals surface area contributed by atoms with Crippen molar-refractivity contribution in [1.82, 2.24) is 20.1 Å². The number of pyridine rings is 1. The first-order chi connectivity index (χ1) is 20.0. The highest BCUT2D eigenvalue weighted by atomic mass is 35.5. The molecular weight excluding hydrogens is 651 g/mol. The molecule has 0 bridgehead atoms. The molecule has 0 radical (unpaired) electrons. The first-order valence-electron chi connectivity index (χ1n) is 13.2. The fourth-order valence-electron chi connectivity index (χ4n) is 4.76. The van der Waals surface area contributed by atoms with E-state index in [1.54, 1.807) is 6.92 Å². The highest BCUT2D eigenvalue weighted by Crippen LogP contribution is 2.45. The number of ether oxygens (including phenoxy) is 1. The molecule has 10 nitrogen and oxygen atoms in total. The number of nitrogens with one attached hydrogen (secondary N) is 2. The van der Waals surface area contributed by atoms with E-state index >= 15 is 0 Å². The zero-order valence-corrected chi connectivity index (χ0v) is 25.5. The summed E-state index contributed by atoms with van der Waals surface area (Å²) in [5, 5.41) is 18.4. The van der Waals surface area contributed by atoms with Crippen LogP contribution in [0.4, 0.5) is 36.6 Å². The van der Waals surface area contributed by atoms with E-state index in [0.717, 1.165) is 17.1 Å². The summed E-state index contributed by atoms with van der Waals surface area (Å²) in [4.78, 5) is 16.8. The number of alkyl halides is 7. The molecule has 2 heterocycles. The largest absolute Gasteiger partial charge is 0.455 e. The van der Waals surface area contributed by atoms with Gasteiger partial charge >= 0.3 is 18.7 Å².